The fourth-order valence-corrected chi connectivity index (χ4v) is 1.40. The Morgan fingerprint density at radius 3 is 2.60 bits per heavy atom. The molecule has 0 saturated heterocycles. The number of hydrogen-bond acceptors (Lipinski definition) is 1. The minimum Gasteiger partial charge on any atom is -0.403 e. The summed E-state index contributed by atoms with van der Waals surface area (Å²) in [6, 6.07) is 0. The lowest BCUT2D eigenvalue weighted by atomic mass is 10.3. The predicted octanol–water partition coefficient (Wildman–Crippen LogP) is 2.91. The molecule has 0 spiro atoms. The highest BCUT2D eigenvalue weighted by atomic mass is 35.6. The summed E-state index contributed by atoms with van der Waals surface area (Å²) in [5, 5.41) is 0. The van der Waals surface area contributed by atoms with Crippen LogP contribution in [0.1, 0.15) is 12.8 Å². The molecule has 0 aliphatic heterocycles. The van der Waals surface area contributed by atoms with Gasteiger partial charge in [0.05, 0.1) is 0 Å². The summed E-state index contributed by atoms with van der Waals surface area (Å²) in [7, 11) is -1.77. The van der Waals surface area contributed by atoms with Crippen LogP contribution in [0.25, 0.3) is 0 Å². The number of allylic oxidation sites excluding steroid dienone is 1. The number of halogens is 1. The van der Waals surface area contributed by atoms with Crippen LogP contribution in [-0.4, -0.2) is 14.2 Å². The van der Waals surface area contributed by atoms with E-state index in [4.69, 9.17) is 15.5 Å². The summed E-state index contributed by atoms with van der Waals surface area (Å²) < 4.78 is 5.39. The molecule has 1 nitrogen and oxygen atoms in total. The molecule has 3 heteroatoms. The van der Waals surface area contributed by atoms with E-state index in [1.807, 2.05) is 19.2 Å². The molecule has 0 radical (unpaired) electrons. The van der Waals surface area contributed by atoms with E-state index in [2.05, 4.69) is 6.58 Å². The van der Waals surface area contributed by atoms with Gasteiger partial charge in [0.15, 0.2) is 0 Å². The molecule has 0 saturated carbocycles. The Morgan fingerprint density at radius 2 is 2.20 bits per heavy atom. The summed E-state index contributed by atoms with van der Waals surface area (Å²) >= 11 is 5.90. The van der Waals surface area contributed by atoms with Crippen LogP contribution in [0, 0.1) is 0 Å². The van der Waals surface area contributed by atoms with Crippen molar-refractivity contribution in [3.05, 3.63) is 12.7 Å². The van der Waals surface area contributed by atoms with Gasteiger partial charge in [0.25, 0.3) is 7.63 Å². The minimum absolute atomic E-state index is 0.773. The van der Waals surface area contributed by atoms with Gasteiger partial charge in [0.2, 0.25) is 0 Å². The lowest BCUT2D eigenvalue weighted by molar-refractivity contribution is 0.314. The summed E-state index contributed by atoms with van der Waals surface area (Å²) in [4.78, 5) is 0. The van der Waals surface area contributed by atoms with Crippen molar-refractivity contribution < 1.29 is 4.43 Å². The first-order chi connectivity index (χ1) is 4.56. The predicted molar refractivity (Wildman–Crippen MR) is 48.7 cm³/mol. The Balaban J connectivity index is 3.12. The first-order valence-electron chi connectivity index (χ1n) is 3.50. The van der Waals surface area contributed by atoms with E-state index in [0.717, 1.165) is 19.4 Å². The minimum atomic E-state index is -1.77. The molecule has 60 valence electrons. The fraction of sp³-hybridized carbons (Fsp3) is 0.714. The lowest BCUT2D eigenvalue weighted by Crippen LogP contribution is -2.22. The van der Waals surface area contributed by atoms with Crippen LogP contribution < -0.4 is 0 Å². The molecular formula is C7H15ClOSi. The zero-order valence-electron chi connectivity index (χ0n) is 6.69. The molecule has 0 bridgehead atoms. The molecule has 0 aromatic heterocycles. The third-order valence-corrected chi connectivity index (χ3v) is 2.22. The molecule has 0 aromatic rings. The highest BCUT2D eigenvalue weighted by molar-refractivity contribution is 7.15. The average molecular weight is 179 g/mol. The van der Waals surface area contributed by atoms with Gasteiger partial charge in [-0.2, -0.15) is 0 Å². The first-order valence-corrected chi connectivity index (χ1v) is 7.42. The summed E-state index contributed by atoms with van der Waals surface area (Å²) in [6.07, 6.45) is 3.94. The van der Waals surface area contributed by atoms with E-state index in [1.54, 1.807) is 0 Å². The van der Waals surface area contributed by atoms with E-state index < -0.39 is 7.63 Å². The van der Waals surface area contributed by atoms with E-state index in [1.165, 1.54) is 0 Å². The smallest absolute Gasteiger partial charge is 0.283 e. The maximum atomic E-state index is 5.90. The number of rotatable bonds is 5. The molecule has 0 unspecified atom stereocenters. The summed E-state index contributed by atoms with van der Waals surface area (Å²) in [5.41, 5.74) is 0. The molecule has 0 N–H and O–H groups in total. The van der Waals surface area contributed by atoms with Crippen LogP contribution in [0.2, 0.25) is 13.1 Å². The molecule has 10 heavy (non-hydrogen) atoms. The maximum Gasteiger partial charge on any atom is 0.283 e. The molecule has 0 aliphatic carbocycles. The highest BCUT2D eigenvalue weighted by Gasteiger charge is 2.16. The molecule has 0 atom stereocenters. The second-order valence-corrected chi connectivity index (χ2v) is 8.39. The number of unbranched alkanes of at least 4 members (excludes halogenated alkanes) is 1. The SMILES string of the molecule is C=CCCCO[Si](C)(C)Cl. The molecular weight excluding hydrogens is 164 g/mol. The van der Waals surface area contributed by atoms with Crippen molar-refractivity contribution in [2.75, 3.05) is 6.61 Å². The van der Waals surface area contributed by atoms with Gasteiger partial charge in [-0.05, 0) is 25.9 Å². The van der Waals surface area contributed by atoms with E-state index >= 15 is 0 Å². The Bertz CT molecular complexity index is 98.3. The van der Waals surface area contributed by atoms with Crippen LogP contribution in [-0.2, 0) is 4.43 Å². The Hall–Kier alpha value is 0.207. The van der Waals surface area contributed by atoms with Crippen LogP contribution in [0.3, 0.4) is 0 Å². The fourth-order valence-electron chi connectivity index (χ4n) is 0.543. The van der Waals surface area contributed by atoms with Gasteiger partial charge >= 0.3 is 0 Å². The largest absolute Gasteiger partial charge is 0.403 e. The summed E-state index contributed by atoms with van der Waals surface area (Å²) in [5.74, 6) is 0. The molecule has 0 amide bonds. The number of hydrogen-bond donors (Lipinski definition) is 0. The Morgan fingerprint density at radius 1 is 1.60 bits per heavy atom. The molecule has 0 heterocycles. The van der Waals surface area contributed by atoms with Crippen LogP contribution in [0.15, 0.2) is 12.7 Å². The second-order valence-electron chi connectivity index (χ2n) is 2.64. The van der Waals surface area contributed by atoms with Gasteiger partial charge in [-0.1, -0.05) is 6.08 Å². The topological polar surface area (TPSA) is 9.23 Å². The van der Waals surface area contributed by atoms with Gasteiger partial charge < -0.3 is 4.43 Å². The molecule has 0 aromatic carbocycles. The van der Waals surface area contributed by atoms with Gasteiger partial charge in [-0.15, -0.1) is 17.7 Å². The van der Waals surface area contributed by atoms with Crippen molar-refractivity contribution >= 4 is 18.7 Å². The quantitative estimate of drug-likeness (QED) is 0.272. The van der Waals surface area contributed by atoms with Crippen molar-refractivity contribution in [2.24, 2.45) is 0 Å². The van der Waals surface area contributed by atoms with Crippen molar-refractivity contribution in [3.63, 3.8) is 0 Å². The van der Waals surface area contributed by atoms with Crippen molar-refractivity contribution in [3.8, 4) is 0 Å². The van der Waals surface area contributed by atoms with Crippen molar-refractivity contribution in [2.45, 2.75) is 25.9 Å². The van der Waals surface area contributed by atoms with Crippen LogP contribution in [0.4, 0.5) is 0 Å². The van der Waals surface area contributed by atoms with Crippen LogP contribution in [0.5, 0.6) is 0 Å². The van der Waals surface area contributed by atoms with Gasteiger partial charge in [-0.3, -0.25) is 0 Å². The molecule has 0 aliphatic rings. The zero-order valence-corrected chi connectivity index (χ0v) is 8.45. The third-order valence-electron chi connectivity index (χ3n) is 0.998. The highest BCUT2D eigenvalue weighted by Crippen LogP contribution is 2.09. The van der Waals surface area contributed by atoms with E-state index in [-0.39, 0.29) is 0 Å². The monoisotopic (exact) mass is 178 g/mol. The lowest BCUT2D eigenvalue weighted by Gasteiger charge is -2.13. The van der Waals surface area contributed by atoms with E-state index in [0.29, 0.717) is 0 Å². The van der Waals surface area contributed by atoms with Gasteiger partial charge in [0.1, 0.15) is 0 Å². The second kappa shape index (κ2) is 4.94. The van der Waals surface area contributed by atoms with Gasteiger partial charge in [0, 0.05) is 6.61 Å². The zero-order chi connectivity index (χ0) is 8.04. The average Bonchev–Trinajstić information content (AvgIpc) is 1.78. The molecule has 0 rings (SSSR count). The first kappa shape index (κ1) is 10.2. The standard InChI is InChI=1S/C7H15ClOSi/c1-4-5-6-7-9-10(2,3)8/h4H,1,5-7H2,2-3H3. The van der Waals surface area contributed by atoms with Gasteiger partial charge in [-0.25, -0.2) is 0 Å². The molecule has 0 fully saturated rings. The normalized spacial score (nSPS) is 11.5. The summed E-state index contributed by atoms with van der Waals surface area (Å²) in [6.45, 7) is 8.34. The van der Waals surface area contributed by atoms with Crippen LogP contribution >= 0.6 is 11.1 Å². The Labute approximate surface area is 68.9 Å². The van der Waals surface area contributed by atoms with Crippen molar-refractivity contribution in [1.29, 1.82) is 0 Å². The maximum absolute atomic E-state index is 5.90. The Kier molecular flexibility index (Phi) is 5.04. The third kappa shape index (κ3) is 8.21. The van der Waals surface area contributed by atoms with Crippen molar-refractivity contribution in [1.82, 2.24) is 0 Å². The van der Waals surface area contributed by atoms with E-state index in [9.17, 15) is 0 Å².